The Morgan fingerprint density at radius 3 is 2.47 bits per heavy atom. The fraction of sp³-hybridized carbons (Fsp3) is 0.538. The SMILES string of the molecule is CCNC(c1ccccc1Br)C(C)CC. The predicted molar refractivity (Wildman–Crippen MR) is 70.0 cm³/mol. The summed E-state index contributed by atoms with van der Waals surface area (Å²) in [6.45, 7) is 7.71. The zero-order valence-corrected chi connectivity index (χ0v) is 11.3. The van der Waals surface area contributed by atoms with E-state index < -0.39 is 0 Å². The Hall–Kier alpha value is -0.340. The van der Waals surface area contributed by atoms with Crippen molar-refractivity contribution in [3.63, 3.8) is 0 Å². The van der Waals surface area contributed by atoms with Gasteiger partial charge in [-0.3, -0.25) is 0 Å². The Balaban J connectivity index is 2.93. The highest BCUT2D eigenvalue weighted by Gasteiger charge is 2.18. The lowest BCUT2D eigenvalue weighted by molar-refractivity contribution is 0.383. The van der Waals surface area contributed by atoms with Crippen molar-refractivity contribution in [1.29, 1.82) is 0 Å². The molecule has 2 heteroatoms. The van der Waals surface area contributed by atoms with E-state index in [2.05, 4.69) is 66.3 Å². The molecule has 0 aliphatic carbocycles. The lowest BCUT2D eigenvalue weighted by Crippen LogP contribution is -2.26. The van der Waals surface area contributed by atoms with Crippen LogP contribution >= 0.6 is 15.9 Å². The van der Waals surface area contributed by atoms with Crippen LogP contribution in [0.15, 0.2) is 28.7 Å². The molecule has 0 radical (unpaired) electrons. The highest BCUT2D eigenvalue weighted by Crippen LogP contribution is 2.29. The number of hydrogen-bond acceptors (Lipinski definition) is 1. The van der Waals surface area contributed by atoms with Gasteiger partial charge in [-0.05, 0) is 24.1 Å². The monoisotopic (exact) mass is 269 g/mol. The van der Waals surface area contributed by atoms with E-state index in [9.17, 15) is 0 Å². The van der Waals surface area contributed by atoms with E-state index in [-0.39, 0.29) is 0 Å². The predicted octanol–water partition coefficient (Wildman–Crippen LogP) is 4.15. The Kier molecular flexibility index (Phi) is 5.34. The third-order valence-corrected chi connectivity index (χ3v) is 3.60. The van der Waals surface area contributed by atoms with Crippen LogP contribution in [0.25, 0.3) is 0 Å². The number of nitrogens with one attached hydrogen (secondary N) is 1. The molecule has 84 valence electrons. The molecule has 0 bridgehead atoms. The van der Waals surface area contributed by atoms with Gasteiger partial charge in [-0.15, -0.1) is 0 Å². The van der Waals surface area contributed by atoms with Crippen molar-refractivity contribution in [2.24, 2.45) is 5.92 Å². The van der Waals surface area contributed by atoms with Gasteiger partial charge in [-0.25, -0.2) is 0 Å². The molecule has 1 rings (SSSR count). The van der Waals surface area contributed by atoms with Gasteiger partial charge in [-0.1, -0.05) is 61.3 Å². The first kappa shape index (κ1) is 12.7. The van der Waals surface area contributed by atoms with Crippen LogP contribution in [0.3, 0.4) is 0 Å². The average Bonchev–Trinajstić information content (AvgIpc) is 2.26. The number of benzene rings is 1. The summed E-state index contributed by atoms with van der Waals surface area (Å²) in [6.07, 6.45) is 1.19. The summed E-state index contributed by atoms with van der Waals surface area (Å²) in [5.74, 6) is 0.656. The van der Waals surface area contributed by atoms with E-state index >= 15 is 0 Å². The minimum atomic E-state index is 0.454. The first-order valence-electron chi connectivity index (χ1n) is 5.68. The summed E-state index contributed by atoms with van der Waals surface area (Å²) in [4.78, 5) is 0. The lowest BCUT2D eigenvalue weighted by atomic mass is 9.92. The van der Waals surface area contributed by atoms with Gasteiger partial charge < -0.3 is 5.32 Å². The van der Waals surface area contributed by atoms with Crippen LogP contribution in [0.1, 0.15) is 38.8 Å². The second-order valence-corrected chi connectivity index (χ2v) is 4.80. The molecule has 0 fully saturated rings. The number of rotatable bonds is 5. The summed E-state index contributed by atoms with van der Waals surface area (Å²) < 4.78 is 1.20. The van der Waals surface area contributed by atoms with Crippen LogP contribution in [-0.4, -0.2) is 6.54 Å². The van der Waals surface area contributed by atoms with Crippen molar-refractivity contribution in [3.8, 4) is 0 Å². The van der Waals surface area contributed by atoms with E-state index in [4.69, 9.17) is 0 Å². The van der Waals surface area contributed by atoms with E-state index in [0.717, 1.165) is 6.54 Å². The number of halogens is 1. The Morgan fingerprint density at radius 2 is 1.93 bits per heavy atom. The fourth-order valence-electron chi connectivity index (χ4n) is 1.80. The van der Waals surface area contributed by atoms with Gasteiger partial charge in [0.1, 0.15) is 0 Å². The maximum atomic E-state index is 3.62. The van der Waals surface area contributed by atoms with Gasteiger partial charge in [0.25, 0.3) is 0 Å². The third-order valence-electron chi connectivity index (χ3n) is 2.88. The fourth-order valence-corrected chi connectivity index (χ4v) is 2.33. The van der Waals surface area contributed by atoms with Crippen molar-refractivity contribution in [1.82, 2.24) is 5.32 Å². The molecule has 0 saturated heterocycles. The molecule has 0 aromatic heterocycles. The Labute approximate surface area is 101 Å². The van der Waals surface area contributed by atoms with Gasteiger partial charge in [0.15, 0.2) is 0 Å². The molecule has 0 aliphatic heterocycles. The van der Waals surface area contributed by atoms with Gasteiger partial charge in [0.05, 0.1) is 0 Å². The zero-order valence-electron chi connectivity index (χ0n) is 9.76. The molecule has 0 amide bonds. The molecule has 2 atom stereocenters. The minimum absolute atomic E-state index is 0.454. The van der Waals surface area contributed by atoms with Gasteiger partial charge in [0, 0.05) is 10.5 Å². The van der Waals surface area contributed by atoms with E-state index in [1.165, 1.54) is 16.5 Å². The highest BCUT2D eigenvalue weighted by atomic mass is 79.9. The molecular formula is C13H20BrN. The molecular weight excluding hydrogens is 250 g/mol. The first-order valence-corrected chi connectivity index (χ1v) is 6.47. The van der Waals surface area contributed by atoms with E-state index in [0.29, 0.717) is 12.0 Å². The molecule has 0 spiro atoms. The highest BCUT2D eigenvalue weighted by molar-refractivity contribution is 9.10. The van der Waals surface area contributed by atoms with Gasteiger partial charge in [-0.2, -0.15) is 0 Å². The molecule has 0 aliphatic rings. The summed E-state index contributed by atoms with van der Waals surface area (Å²) in [7, 11) is 0. The zero-order chi connectivity index (χ0) is 11.3. The van der Waals surface area contributed by atoms with E-state index in [1.807, 2.05) is 0 Å². The molecule has 15 heavy (non-hydrogen) atoms. The van der Waals surface area contributed by atoms with Crippen molar-refractivity contribution < 1.29 is 0 Å². The number of hydrogen-bond donors (Lipinski definition) is 1. The molecule has 2 unspecified atom stereocenters. The third kappa shape index (κ3) is 3.32. The molecule has 0 saturated carbocycles. The molecule has 1 aromatic rings. The largest absolute Gasteiger partial charge is 0.310 e. The smallest absolute Gasteiger partial charge is 0.0357 e. The molecule has 1 N–H and O–H groups in total. The van der Waals surface area contributed by atoms with Crippen LogP contribution in [0.5, 0.6) is 0 Å². The van der Waals surface area contributed by atoms with Gasteiger partial charge >= 0.3 is 0 Å². The molecule has 1 nitrogen and oxygen atoms in total. The van der Waals surface area contributed by atoms with Crippen LogP contribution < -0.4 is 5.32 Å². The second kappa shape index (κ2) is 6.29. The molecule has 0 heterocycles. The lowest BCUT2D eigenvalue weighted by Gasteiger charge is -2.25. The summed E-state index contributed by atoms with van der Waals surface area (Å²) in [6, 6.07) is 8.93. The average molecular weight is 270 g/mol. The summed E-state index contributed by atoms with van der Waals surface area (Å²) in [5.41, 5.74) is 1.37. The first-order chi connectivity index (χ1) is 7.20. The van der Waals surface area contributed by atoms with Crippen molar-refractivity contribution in [2.75, 3.05) is 6.54 Å². The normalized spacial score (nSPS) is 14.9. The summed E-state index contributed by atoms with van der Waals surface area (Å²) in [5, 5.41) is 3.56. The quantitative estimate of drug-likeness (QED) is 0.847. The topological polar surface area (TPSA) is 12.0 Å². The molecule has 1 aromatic carbocycles. The van der Waals surface area contributed by atoms with Crippen molar-refractivity contribution >= 4 is 15.9 Å². The maximum absolute atomic E-state index is 3.62. The van der Waals surface area contributed by atoms with Gasteiger partial charge in [0.2, 0.25) is 0 Å². The van der Waals surface area contributed by atoms with Crippen LogP contribution in [-0.2, 0) is 0 Å². The summed E-state index contributed by atoms with van der Waals surface area (Å²) >= 11 is 3.62. The van der Waals surface area contributed by atoms with Crippen LogP contribution in [0, 0.1) is 5.92 Å². The standard InChI is InChI=1S/C13H20BrN/c1-4-10(3)13(15-5-2)11-8-6-7-9-12(11)14/h6-10,13,15H,4-5H2,1-3H3. The van der Waals surface area contributed by atoms with Crippen molar-refractivity contribution in [2.45, 2.75) is 33.2 Å². The van der Waals surface area contributed by atoms with Crippen LogP contribution in [0.2, 0.25) is 0 Å². The minimum Gasteiger partial charge on any atom is -0.310 e. The maximum Gasteiger partial charge on any atom is 0.0357 e. The Bertz CT molecular complexity index is 298. The second-order valence-electron chi connectivity index (χ2n) is 3.94. The van der Waals surface area contributed by atoms with Crippen molar-refractivity contribution in [3.05, 3.63) is 34.3 Å². The van der Waals surface area contributed by atoms with E-state index in [1.54, 1.807) is 0 Å². The van der Waals surface area contributed by atoms with Crippen LogP contribution in [0.4, 0.5) is 0 Å². The Morgan fingerprint density at radius 1 is 1.27 bits per heavy atom.